The maximum Gasteiger partial charge on any atom is 0.247 e. The van der Waals surface area contributed by atoms with Crippen molar-refractivity contribution in [1.82, 2.24) is 19.8 Å². The number of anilines is 1. The van der Waals surface area contributed by atoms with Gasteiger partial charge in [-0.2, -0.15) is 0 Å². The predicted molar refractivity (Wildman–Crippen MR) is 158 cm³/mol. The van der Waals surface area contributed by atoms with Gasteiger partial charge >= 0.3 is 0 Å². The Morgan fingerprint density at radius 2 is 2.08 bits per heavy atom. The zero-order valence-corrected chi connectivity index (χ0v) is 24.0. The fourth-order valence-electron chi connectivity index (χ4n) is 4.17. The predicted octanol–water partition coefficient (Wildman–Crippen LogP) is 5.58. The SMILES string of the molecule is C=CC(=O)Nc1cccc(CN(C=O)/C=C(/N/C(=C/CC)C(=NC)OC)c2ncn(C3CCC3)c2C)c1.CC. The first-order valence-corrected chi connectivity index (χ1v) is 13.4. The fourth-order valence-corrected chi connectivity index (χ4v) is 4.17. The van der Waals surface area contributed by atoms with E-state index >= 15 is 0 Å². The average molecular weight is 535 g/mol. The Bertz CT molecular complexity index is 1210. The van der Waals surface area contributed by atoms with Crippen LogP contribution in [0.3, 0.4) is 0 Å². The molecule has 0 aliphatic heterocycles. The zero-order chi connectivity index (χ0) is 28.8. The Balaban J connectivity index is 0.00000260. The van der Waals surface area contributed by atoms with Gasteiger partial charge in [-0.1, -0.05) is 45.6 Å². The van der Waals surface area contributed by atoms with Crippen LogP contribution in [0.25, 0.3) is 5.70 Å². The summed E-state index contributed by atoms with van der Waals surface area (Å²) in [7, 11) is 3.24. The summed E-state index contributed by atoms with van der Waals surface area (Å²) in [5, 5.41) is 6.17. The smallest absolute Gasteiger partial charge is 0.247 e. The quantitative estimate of drug-likeness (QED) is 0.160. The van der Waals surface area contributed by atoms with Crippen molar-refractivity contribution in [3.63, 3.8) is 0 Å². The van der Waals surface area contributed by atoms with E-state index in [1.165, 1.54) is 17.4 Å². The van der Waals surface area contributed by atoms with Gasteiger partial charge in [0.15, 0.2) is 0 Å². The number of aliphatic imine (C=N–C) groups is 1. The molecule has 0 spiro atoms. The third kappa shape index (κ3) is 8.43. The van der Waals surface area contributed by atoms with Crippen molar-refractivity contribution in [1.29, 1.82) is 0 Å². The number of nitrogens with zero attached hydrogens (tertiary/aromatic N) is 4. The van der Waals surface area contributed by atoms with Crippen LogP contribution < -0.4 is 10.6 Å². The summed E-state index contributed by atoms with van der Waals surface area (Å²) in [4.78, 5) is 34.4. The summed E-state index contributed by atoms with van der Waals surface area (Å²) in [5.74, 6) is 0.155. The lowest BCUT2D eigenvalue weighted by atomic mass is 9.93. The highest BCUT2D eigenvalue weighted by Crippen LogP contribution is 2.34. The minimum Gasteiger partial charge on any atom is -0.480 e. The standard InChI is InChI=1S/C28H36N6O3.C2H6/c1-6-10-24(28(29-4)37-5)32-25(27-20(3)34(18-30-27)23-13-9-14-23)17-33(19-35)16-21-11-8-12-22(15-21)31-26(36)7-2;1-2/h7-8,10-12,15,17-19,23,32H,2,6,9,13-14,16H2,1,3-5H3,(H,31,36);1-2H3/b24-10+,25-17+,29-28?;. The Hall–Kier alpha value is -4.14. The van der Waals surface area contributed by atoms with Crippen LogP contribution in [0.15, 0.2) is 66.2 Å². The molecular weight excluding hydrogens is 492 g/mol. The molecule has 9 heteroatoms. The first-order valence-electron chi connectivity index (χ1n) is 13.4. The number of nitrogens with one attached hydrogen (secondary N) is 2. The lowest BCUT2D eigenvalue weighted by Crippen LogP contribution is -2.25. The van der Waals surface area contributed by atoms with E-state index in [-0.39, 0.29) is 5.91 Å². The third-order valence-electron chi connectivity index (χ3n) is 6.24. The van der Waals surface area contributed by atoms with Gasteiger partial charge in [0, 0.05) is 30.7 Å². The molecule has 0 radical (unpaired) electrons. The number of aromatic nitrogens is 2. The van der Waals surface area contributed by atoms with Crippen molar-refractivity contribution in [2.75, 3.05) is 19.5 Å². The summed E-state index contributed by atoms with van der Waals surface area (Å²) in [5.41, 5.74) is 4.58. The van der Waals surface area contributed by atoms with Gasteiger partial charge in [-0.05, 0) is 56.4 Å². The second-order valence-corrected chi connectivity index (χ2v) is 8.77. The maximum absolute atomic E-state index is 12.2. The normalized spacial score (nSPS) is 13.9. The highest BCUT2D eigenvalue weighted by molar-refractivity contribution is 5.98. The first-order chi connectivity index (χ1) is 18.9. The molecule has 1 aliphatic carbocycles. The average Bonchev–Trinajstić information content (AvgIpc) is 3.29. The van der Waals surface area contributed by atoms with Gasteiger partial charge in [0.05, 0.1) is 31.4 Å². The number of allylic oxidation sites excluding steroid dienone is 1. The summed E-state index contributed by atoms with van der Waals surface area (Å²) in [6, 6.07) is 7.79. The molecule has 1 fully saturated rings. The topological polar surface area (TPSA) is 101 Å². The van der Waals surface area contributed by atoms with Crippen molar-refractivity contribution in [2.24, 2.45) is 4.99 Å². The highest BCUT2D eigenvalue weighted by Gasteiger charge is 2.24. The van der Waals surface area contributed by atoms with E-state index in [0.717, 1.165) is 42.6 Å². The number of benzene rings is 1. The van der Waals surface area contributed by atoms with Crippen LogP contribution in [0.4, 0.5) is 5.69 Å². The van der Waals surface area contributed by atoms with Crippen molar-refractivity contribution in [3.05, 3.63) is 78.2 Å². The Morgan fingerprint density at radius 1 is 1.33 bits per heavy atom. The van der Waals surface area contributed by atoms with E-state index in [1.807, 2.05) is 58.3 Å². The molecule has 0 bridgehead atoms. The monoisotopic (exact) mass is 534 g/mol. The molecule has 1 aromatic carbocycles. The Kier molecular flexibility index (Phi) is 12.7. The van der Waals surface area contributed by atoms with E-state index < -0.39 is 0 Å². The van der Waals surface area contributed by atoms with Crippen LogP contribution in [-0.4, -0.2) is 46.8 Å². The van der Waals surface area contributed by atoms with Crippen LogP contribution in [0.5, 0.6) is 0 Å². The third-order valence-corrected chi connectivity index (χ3v) is 6.24. The molecule has 1 aromatic heterocycles. The number of methoxy groups -OCH3 is 1. The molecule has 3 rings (SSSR count). The number of amides is 2. The minimum atomic E-state index is -0.296. The number of hydrogen-bond donors (Lipinski definition) is 2. The van der Waals surface area contributed by atoms with Crippen molar-refractivity contribution >= 4 is 29.6 Å². The molecule has 39 heavy (non-hydrogen) atoms. The molecule has 0 saturated heterocycles. The van der Waals surface area contributed by atoms with Crippen LogP contribution in [0, 0.1) is 6.92 Å². The van der Waals surface area contributed by atoms with E-state index in [1.54, 1.807) is 26.4 Å². The van der Waals surface area contributed by atoms with Crippen molar-refractivity contribution < 1.29 is 14.3 Å². The summed E-state index contributed by atoms with van der Waals surface area (Å²) >= 11 is 0. The molecule has 0 atom stereocenters. The van der Waals surface area contributed by atoms with Gasteiger partial charge in [0.2, 0.25) is 18.2 Å². The molecule has 2 aromatic rings. The first kappa shape index (κ1) is 31.1. The van der Waals surface area contributed by atoms with Gasteiger partial charge in [-0.15, -0.1) is 0 Å². The highest BCUT2D eigenvalue weighted by atomic mass is 16.5. The van der Waals surface area contributed by atoms with Gasteiger partial charge in [0.25, 0.3) is 0 Å². The zero-order valence-electron chi connectivity index (χ0n) is 24.0. The van der Waals surface area contributed by atoms with E-state index in [4.69, 9.17) is 9.72 Å². The number of carbonyl (C=O) groups excluding carboxylic acids is 2. The Morgan fingerprint density at radius 3 is 2.64 bits per heavy atom. The van der Waals surface area contributed by atoms with E-state index in [0.29, 0.717) is 35.6 Å². The van der Waals surface area contributed by atoms with Gasteiger partial charge in [-0.3, -0.25) is 14.6 Å². The Labute approximate surface area is 232 Å². The molecule has 2 N–H and O–H groups in total. The van der Waals surface area contributed by atoms with Crippen LogP contribution in [0.1, 0.15) is 69.4 Å². The van der Waals surface area contributed by atoms with Crippen LogP contribution >= 0.6 is 0 Å². The van der Waals surface area contributed by atoms with Gasteiger partial charge < -0.3 is 24.8 Å². The lowest BCUT2D eigenvalue weighted by Gasteiger charge is -2.28. The molecule has 2 amide bonds. The number of carbonyl (C=O) groups is 2. The van der Waals surface area contributed by atoms with Gasteiger partial charge in [0.1, 0.15) is 5.69 Å². The summed E-state index contributed by atoms with van der Waals surface area (Å²) in [6.07, 6.45) is 11.8. The second-order valence-electron chi connectivity index (χ2n) is 8.77. The van der Waals surface area contributed by atoms with Crippen molar-refractivity contribution in [3.8, 4) is 0 Å². The van der Waals surface area contributed by atoms with E-state index in [2.05, 4.69) is 26.8 Å². The van der Waals surface area contributed by atoms with Gasteiger partial charge in [-0.25, -0.2) is 4.98 Å². The van der Waals surface area contributed by atoms with Crippen LogP contribution in [-0.2, 0) is 20.9 Å². The molecule has 210 valence electrons. The lowest BCUT2D eigenvalue weighted by molar-refractivity contribution is -0.116. The number of imidazole rings is 1. The maximum atomic E-state index is 12.2. The molecule has 1 saturated carbocycles. The molecule has 9 nitrogen and oxygen atoms in total. The molecular formula is C30H42N6O3. The fraction of sp³-hybridized carbons (Fsp3) is 0.400. The summed E-state index contributed by atoms with van der Waals surface area (Å²) < 4.78 is 7.68. The number of ether oxygens (including phenoxy) is 1. The van der Waals surface area contributed by atoms with Crippen LogP contribution in [0.2, 0.25) is 0 Å². The van der Waals surface area contributed by atoms with E-state index in [9.17, 15) is 9.59 Å². The summed E-state index contributed by atoms with van der Waals surface area (Å²) in [6.45, 7) is 11.8. The van der Waals surface area contributed by atoms with Crippen molar-refractivity contribution in [2.45, 2.75) is 66.0 Å². The molecule has 1 aliphatic rings. The largest absolute Gasteiger partial charge is 0.480 e. The molecule has 0 unspecified atom stereocenters. The minimum absolute atomic E-state index is 0.292. The second kappa shape index (κ2) is 16.0. The number of rotatable bonds is 12. The molecule has 1 heterocycles. The number of hydrogen-bond acceptors (Lipinski definition) is 6.